The van der Waals surface area contributed by atoms with Crippen LogP contribution in [0.3, 0.4) is 0 Å². The predicted molar refractivity (Wildman–Crippen MR) is 97.3 cm³/mol. The van der Waals surface area contributed by atoms with Gasteiger partial charge >= 0.3 is 0 Å². The molecular weight excluding hydrogens is 312 g/mol. The van der Waals surface area contributed by atoms with Gasteiger partial charge in [0.25, 0.3) is 0 Å². The molecule has 0 atom stereocenters. The van der Waals surface area contributed by atoms with Crippen LogP contribution in [0, 0.1) is 23.2 Å². The van der Waals surface area contributed by atoms with Crippen molar-refractivity contribution in [1.29, 1.82) is 0 Å². The lowest BCUT2D eigenvalue weighted by Gasteiger charge is -2.55. The molecule has 5 aliphatic rings. The van der Waals surface area contributed by atoms with Gasteiger partial charge in [0.15, 0.2) is 0 Å². The summed E-state index contributed by atoms with van der Waals surface area (Å²) in [5.41, 5.74) is 0.641. The minimum atomic E-state index is -0.111. The van der Waals surface area contributed by atoms with E-state index in [0.29, 0.717) is 0 Å². The molecule has 6 rings (SSSR count). The number of hydrogen-bond donors (Lipinski definition) is 1. The first-order valence-electron chi connectivity index (χ1n) is 10.1. The summed E-state index contributed by atoms with van der Waals surface area (Å²) in [6.07, 6.45) is 14.7. The molecule has 0 radical (unpaired) electrons. The lowest BCUT2D eigenvalue weighted by molar-refractivity contribution is -0.140. The normalized spacial score (nSPS) is 36.5. The Morgan fingerprint density at radius 1 is 0.960 bits per heavy atom. The first-order valence-corrected chi connectivity index (χ1v) is 10.1. The van der Waals surface area contributed by atoms with Gasteiger partial charge in [0.2, 0.25) is 11.9 Å². The SMILES string of the molecule is O=C(Nc1cnc(N2CCCCC2)nc1)C12CC3CC(CC(C3)C1)C2. The third-order valence-corrected chi connectivity index (χ3v) is 7.05. The number of aromatic nitrogens is 2. The highest BCUT2D eigenvalue weighted by Crippen LogP contribution is 2.60. The minimum Gasteiger partial charge on any atom is -0.341 e. The standard InChI is InChI=1S/C20H28N4O/c25-18(20-9-14-6-15(10-20)8-16(7-14)11-20)23-17-12-21-19(22-13-17)24-4-2-1-3-5-24/h12-16H,1-11H2,(H,23,25). The van der Waals surface area contributed by atoms with E-state index in [1.165, 1.54) is 38.5 Å². The fourth-order valence-corrected chi connectivity index (χ4v) is 6.30. The summed E-state index contributed by atoms with van der Waals surface area (Å²) in [7, 11) is 0. The molecule has 1 saturated heterocycles. The van der Waals surface area contributed by atoms with E-state index in [4.69, 9.17) is 0 Å². The van der Waals surface area contributed by atoms with E-state index in [1.807, 2.05) is 0 Å². The van der Waals surface area contributed by atoms with Crippen LogP contribution in [-0.2, 0) is 4.79 Å². The van der Waals surface area contributed by atoms with Gasteiger partial charge in [0.1, 0.15) is 0 Å². The van der Waals surface area contributed by atoms with Crippen LogP contribution in [0.15, 0.2) is 12.4 Å². The number of amides is 1. The van der Waals surface area contributed by atoms with Gasteiger partial charge in [-0.25, -0.2) is 9.97 Å². The highest BCUT2D eigenvalue weighted by atomic mass is 16.2. The van der Waals surface area contributed by atoms with Gasteiger partial charge in [0.05, 0.1) is 23.5 Å². The van der Waals surface area contributed by atoms with Crippen LogP contribution in [0.2, 0.25) is 0 Å². The van der Waals surface area contributed by atoms with E-state index in [0.717, 1.165) is 61.7 Å². The Bertz CT molecular complexity index is 615. The number of hydrogen-bond acceptors (Lipinski definition) is 4. The molecule has 4 aliphatic carbocycles. The Hall–Kier alpha value is -1.65. The van der Waals surface area contributed by atoms with Crippen molar-refractivity contribution in [3.63, 3.8) is 0 Å². The molecule has 1 N–H and O–H groups in total. The molecule has 134 valence electrons. The Kier molecular flexibility index (Phi) is 3.72. The molecule has 0 spiro atoms. The third kappa shape index (κ3) is 2.81. The van der Waals surface area contributed by atoms with Crippen LogP contribution >= 0.6 is 0 Å². The highest BCUT2D eigenvalue weighted by Gasteiger charge is 2.54. The maximum absolute atomic E-state index is 13.1. The number of nitrogens with zero attached hydrogens (tertiary/aromatic N) is 3. The van der Waals surface area contributed by atoms with E-state index >= 15 is 0 Å². The third-order valence-electron chi connectivity index (χ3n) is 7.05. The van der Waals surface area contributed by atoms with Gasteiger partial charge in [0, 0.05) is 13.1 Å². The minimum absolute atomic E-state index is 0.111. The summed E-state index contributed by atoms with van der Waals surface area (Å²) in [6, 6.07) is 0. The fourth-order valence-electron chi connectivity index (χ4n) is 6.30. The van der Waals surface area contributed by atoms with Gasteiger partial charge in [-0.2, -0.15) is 0 Å². The maximum Gasteiger partial charge on any atom is 0.230 e. The van der Waals surface area contributed by atoms with Crippen molar-refractivity contribution in [3.8, 4) is 0 Å². The van der Waals surface area contributed by atoms with Crippen LogP contribution < -0.4 is 10.2 Å². The zero-order chi connectivity index (χ0) is 16.9. The molecule has 5 nitrogen and oxygen atoms in total. The number of piperidine rings is 1. The van der Waals surface area contributed by atoms with Gasteiger partial charge < -0.3 is 10.2 Å². The number of anilines is 2. The average Bonchev–Trinajstić information content (AvgIpc) is 2.62. The first kappa shape index (κ1) is 15.6. The van der Waals surface area contributed by atoms with E-state index in [1.54, 1.807) is 12.4 Å². The number of nitrogens with one attached hydrogen (secondary N) is 1. The van der Waals surface area contributed by atoms with Gasteiger partial charge in [-0.1, -0.05) is 0 Å². The summed E-state index contributed by atoms with van der Waals surface area (Å²) in [5, 5.41) is 3.15. The quantitative estimate of drug-likeness (QED) is 0.913. The van der Waals surface area contributed by atoms with Crippen LogP contribution in [-0.4, -0.2) is 29.0 Å². The molecule has 2 heterocycles. The molecular formula is C20H28N4O. The predicted octanol–water partition coefficient (Wildman–Crippen LogP) is 3.62. The number of carbonyl (C=O) groups is 1. The summed E-state index contributed by atoms with van der Waals surface area (Å²) in [4.78, 5) is 24.3. The Morgan fingerprint density at radius 2 is 1.52 bits per heavy atom. The van der Waals surface area contributed by atoms with Crippen molar-refractivity contribution in [2.45, 2.75) is 57.8 Å². The van der Waals surface area contributed by atoms with E-state index in [2.05, 4.69) is 20.2 Å². The summed E-state index contributed by atoms with van der Waals surface area (Å²) >= 11 is 0. The largest absolute Gasteiger partial charge is 0.341 e. The van der Waals surface area contributed by atoms with Crippen LogP contribution in [0.1, 0.15) is 57.8 Å². The topological polar surface area (TPSA) is 58.1 Å². The molecule has 1 aromatic heterocycles. The summed E-state index contributed by atoms with van der Waals surface area (Å²) in [5.74, 6) is 3.38. The zero-order valence-corrected chi connectivity index (χ0v) is 14.9. The molecule has 4 saturated carbocycles. The van der Waals surface area contributed by atoms with Gasteiger partial charge in [-0.05, 0) is 75.5 Å². The van der Waals surface area contributed by atoms with Crippen molar-refractivity contribution in [2.75, 3.05) is 23.3 Å². The average molecular weight is 340 g/mol. The second kappa shape index (κ2) is 5.96. The van der Waals surface area contributed by atoms with Crippen molar-refractivity contribution in [3.05, 3.63) is 12.4 Å². The van der Waals surface area contributed by atoms with Gasteiger partial charge in [-0.3, -0.25) is 4.79 Å². The molecule has 25 heavy (non-hydrogen) atoms. The monoisotopic (exact) mass is 340 g/mol. The molecule has 0 aromatic carbocycles. The Balaban J connectivity index is 1.28. The second-order valence-corrected chi connectivity index (χ2v) is 8.97. The van der Waals surface area contributed by atoms with E-state index in [9.17, 15) is 4.79 Å². The van der Waals surface area contributed by atoms with Crippen molar-refractivity contribution in [2.24, 2.45) is 23.2 Å². The Labute approximate surface area is 149 Å². The lowest BCUT2D eigenvalue weighted by atomic mass is 9.49. The summed E-state index contributed by atoms with van der Waals surface area (Å²) in [6.45, 7) is 2.08. The maximum atomic E-state index is 13.1. The van der Waals surface area contributed by atoms with Crippen LogP contribution in [0.5, 0.6) is 0 Å². The van der Waals surface area contributed by atoms with Crippen LogP contribution in [0.25, 0.3) is 0 Å². The van der Waals surface area contributed by atoms with Gasteiger partial charge in [-0.15, -0.1) is 0 Å². The molecule has 1 amide bonds. The molecule has 1 aromatic rings. The molecule has 1 aliphatic heterocycles. The molecule has 4 bridgehead atoms. The molecule has 5 heteroatoms. The number of carbonyl (C=O) groups excluding carboxylic acids is 1. The fraction of sp³-hybridized carbons (Fsp3) is 0.750. The second-order valence-electron chi connectivity index (χ2n) is 8.97. The summed E-state index contributed by atoms with van der Waals surface area (Å²) < 4.78 is 0. The molecule has 0 unspecified atom stereocenters. The lowest BCUT2D eigenvalue weighted by Crippen LogP contribution is -2.51. The van der Waals surface area contributed by atoms with Crippen molar-refractivity contribution >= 4 is 17.5 Å². The Morgan fingerprint density at radius 3 is 2.08 bits per heavy atom. The zero-order valence-electron chi connectivity index (χ0n) is 14.9. The highest BCUT2D eigenvalue weighted by molar-refractivity contribution is 5.95. The van der Waals surface area contributed by atoms with Crippen molar-refractivity contribution < 1.29 is 4.79 Å². The van der Waals surface area contributed by atoms with E-state index in [-0.39, 0.29) is 11.3 Å². The van der Waals surface area contributed by atoms with E-state index < -0.39 is 0 Å². The number of rotatable bonds is 3. The molecule has 5 fully saturated rings. The van der Waals surface area contributed by atoms with Crippen molar-refractivity contribution in [1.82, 2.24) is 9.97 Å². The smallest absolute Gasteiger partial charge is 0.230 e. The first-order chi connectivity index (χ1) is 12.2. The van der Waals surface area contributed by atoms with Crippen LogP contribution in [0.4, 0.5) is 11.6 Å².